The van der Waals surface area contributed by atoms with E-state index < -0.39 is 18.0 Å². The van der Waals surface area contributed by atoms with Crippen LogP contribution in [0, 0.1) is 0 Å². The van der Waals surface area contributed by atoms with Crippen LogP contribution < -0.4 is 0 Å². The topological polar surface area (TPSA) is 72.8 Å². The summed E-state index contributed by atoms with van der Waals surface area (Å²) in [4.78, 5) is 22.6. The van der Waals surface area contributed by atoms with Gasteiger partial charge in [-0.15, -0.1) is 0 Å². The Morgan fingerprint density at radius 3 is 2.33 bits per heavy atom. The van der Waals surface area contributed by atoms with E-state index in [0.717, 1.165) is 18.9 Å². The standard InChI is InChI=1S/C16H26O5/c1-4-5-6-7-8-9-14(17)11-10-13(16(19)21-3)12-15(18)20-2/h10-12,14,17H,4-9H2,1-3H3/t14-/m0/s1. The molecule has 0 unspecified atom stereocenters. The Hall–Kier alpha value is -1.62. The van der Waals surface area contributed by atoms with Crippen LogP contribution in [-0.2, 0) is 19.1 Å². The molecule has 0 rings (SSSR count). The summed E-state index contributed by atoms with van der Waals surface area (Å²) < 4.78 is 9.03. The number of aliphatic hydroxyl groups is 1. The summed E-state index contributed by atoms with van der Waals surface area (Å²) >= 11 is 0. The molecule has 5 heteroatoms. The van der Waals surface area contributed by atoms with Gasteiger partial charge in [0, 0.05) is 6.08 Å². The second-order valence-electron chi connectivity index (χ2n) is 4.74. The molecule has 0 aliphatic rings. The van der Waals surface area contributed by atoms with Gasteiger partial charge in [-0.1, -0.05) is 45.1 Å². The summed E-state index contributed by atoms with van der Waals surface area (Å²) in [6.45, 7) is 2.15. The van der Waals surface area contributed by atoms with Crippen molar-refractivity contribution >= 4 is 11.9 Å². The van der Waals surface area contributed by atoms with Crippen LogP contribution in [0.4, 0.5) is 0 Å². The number of rotatable bonds is 10. The first kappa shape index (κ1) is 19.4. The summed E-state index contributed by atoms with van der Waals surface area (Å²) in [5, 5.41) is 9.82. The van der Waals surface area contributed by atoms with Gasteiger partial charge in [-0.05, 0) is 12.5 Å². The molecule has 0 aromatic heterocycles. The SMILES string of the molecule is CCCCCCC[C@H](O)C=CC(=CC(=O)OC)C(=O)OC. The zero-order valence-electron chi connectivity index (χ0n) is 13.1. The summed E-state index contributed by atoms with van der Waals surface area (Å²) in [6.07, 6.45) is 9.48. The van der Waals surface area contributed by atoms with Crippen LogP contribution in [0.5, 0.6) is 0 Å². The maximum atomic E-state index is 11.5. The van der Waals surface area contributed by atoms with Crippen molar-refractivity contribution in [1.29, 1.82) is 0 Å². The van der Waals surface area contributed by atoms with E-state index in [9.17, 15) is 14.7 Å². The number of aliphatic hydroxyl groups excluding tert-OH is 1. The lowest BCUT2D eigenvalue weighted by Gasteiger charge is -2.06. The molecule has 0 aromatic rings. The molecule has 0 bridgehead atoms. The van der Waals surface area contributed by atoms with E-state index in [2.05, 4.69) is 16.4 Å². The van der Waals surface area contributed by atoms with Gasteiger partial charge in [0.15, 0.2) is 0 Å². The predicted octanol–water partition coefficient (Wildman–Crippen LogP) is 2.54. The van der Waals surface area contributed by atoms with E-state index in [4.69, 9.17) is 0 Å². The smallest absolute Gasteiger partial charge is 0.338 e. The molecule has 21 heavy (non-hydrogen) atoms. The first-order valence-electron chi connectivity index (χ1n) is 7.29. The lowest BCUT2D eigenvalue weighted by Crippen LogP contribution is -2.08. The van der Waals surface area contributed by atoms with Crippen LogP contribution in [0.25, 0.3) is 0 Å². The van der Waals surface area contributed by atoms with Crippen LogP contribution in [0.3, 0.4) is 0 Å². The number of hydrogen-bond donors (Lipinski definition) is 1. The third-order valence-corrected chi connectivity index (χ3v) is 3.00. The predicted molar refractivity (Wildman–Crippen MR) is 80.6 cm³/mol. The highest BCUT2D eigenvalue weighted by molar-refractivity contribution is 5.98. The van der Waals surface area contributed by atoms with Gasteiger partial charge in [0.05, 0.1) is 25.9 Å². The molecule has 0 aliphatic heterocycles. The second kappa shape index (κ2) is 12.1. The number of ether oxygens (including phenoxy) is 2. The van der Waals surface area contributed by atoms with Gasteiger partial charge in [-0.25, -0.2) is 9.59 Å². The Kier molecular flexibility index (Phi) is 11.2. The molecule has 1 N–H and O–H groups in total. The minimum absolute atomic E-state index is 0.0504. The first-order chi connectivity index (χ1) is 10.0. The van der Waals surface area contributed by atoms with E-state index >= 15 is 0 Å². The fraction of sp³-hybridized carbons (Fsp3) is 0.625. The quantitative estimate of drug-likeness (QED) is 0.290. The van der Waals surface area contributed by atoms with Crippen LogP contribution in [-0.4, -0.2) is 37.4 Å². The number of carbonyl (C=O) groups excluding carboxylic acids is 2. The molecular formula is C16H26O5. The number of hydrogen-bond acceptors (Lipinski definition) is 5. The van der Waals surface area contributed by atoms with Crippen molar-refractivity contribution < 1.29 is 24.2 Å². The molecule has 0 saturated heterocycles. The van der Waals surface area contributed by atoms with E-state index in [-0.39, 0.29) is 5.57 Å². The molecule has 120 valence electrons. The molecule has 0 aliphatic carbocycles. The van der Waals surface area contributed by atoms with Gasteiger partial charge < -0.3 is 14.6 Å². The zero-order chi connectivity index (χ0) is 16.1. The van der Waals surface area contributed by atoms with Gasteiger partial charge in [-0.2, -0.15) is 0 Å². The Morgan fingerprint density at radius 2 is 1.76 bits per heavy atom. The number of carbonyl (C=O) groups is 2. The molecule has 0 radical (unpaired) electrons. The summed E-state index contributed by atoms with van der Waals surface area (Å²) in [7, 11) is 2.45. The van der Waals surface area contributed by atoms with E-state index in [1.54, 1.807) is 0 Å². The molecule has 0 heterocycles. The fourth-order valence-electron chi connectivity index (χ4n) is 1.75. The van der Waals surface area contributed by atoms with Crippen molar-refractivity contribution in [2.24, 2.45) is 0 Å². The van der Waals surface area contributed by atoms with Crippen LogP contribution in [0.2, 0.25) is 0 Å². The Balaban J connectivity index is 4.39. The van der Waals surface area contributed by atoms with Crippen molar-refractivity contribution in [1.82, 2.24) is 0 Å². The van der Waals surface area contributed by atoms with E-state index in [1.807, 2.05) is 0 Å². The molecule has 0 saturated carbocycles. The average Bonchev–Trinajstić information content (AvgIpc) is 2.49. The average molecular weight is 298 g/mol. The zero-order valence-corrected chi connectivity index (χ0v) is 13.1. The summed E-state index contributed by atoms with van der Waals surface area (Å²) in [6, 6.07) is 0. The third-order valence-electron chi connectivity index (χ3n) is 3.00. The van der Waals surface area contributed by atoms with Crippen molar-refractivity contribution in [3.63, 3.8) is 0 Å². The normalized spacial score (nSPS) is 13.2. The van der Waals surface area contributed by atoms with Crippen LogP contribution in [0.15, 0.2) is 23.8 Å². The van der Waals surface area contributed by atoms with Gasteiger partial charge in [0.2, 0.25) is 0 Å². The molecule has 1 atom stereocenters. The van der Waals surface area contributed by atoms with Crippen molar-refractivity contribution in [3.05, 3.63) is 23.8 Å². The van der Waals surface area contributed by atoms with Crippen molar-refractivity contribution in [2.45, 2.75) is 51.6 Å². The summed E-state index contributed by atoms with van der Waals surface area (Å²) in [5.74, 6) is -1.29. The van der Waals surface area contributed by atoms with E-state index in [1.165, 1.54) is 45.6 Å². The molecule has 0 spiro atoms. The molecule has 0 aromatic carbocycles. The maximum Gasteiger partial charge on any atom is 0.338 e. The molecule has 5 nitrogen and oxygen atoms in total. The highest BCUT2D eigenvalue weighted by Gasteiger charge is 2.10. The highest BCUT2D eigenvalue weighted by atomic mass is 16.5. The summed E-state index contributed by atoms with van der Waals surface area (Å²) in [5.41, 5.74) is 0.0504. The van der Waals surface area contributed by atoms with Gasteiger partial charge >= 0.3 is 11.9 Å². The monoisotopic (exact) mass is 298 g/mol. The van der Waals surface area contributed by atoms with Crippen LogP contribution >= 0.6 is 0 Å². The lowest BCUT2D eigenvalue weighted by atomic mass is 10.1. The molecule has 0 amide bonds. The molecular weight excluding hydrogens is 272 g/mol. The third kappa shape index (κ3) is 9.85. The largest absolute Gasteiger partial charge is 0.466 e. The van der Waals surface area contributed by atoms with Gasteiger partial charge in [0.25, 0.3) is 0 Å². The first-order valence-corrected chi connectivity index (χ1v) is 7.29. The minimum atomic E-state index is -0.646. The van der Waals surface area contributed by atoms with E-state index in [0.29, 0.717) is 6.42 Å². The fourth-order valence-corrected chi connectivity index (χ4v) is 1.75. The minimum Gasteiger partial charge on any atom is -0.466 e. The second-order valence-corrected chi connectivity index (χ2v) is 4.74. The Morgan fingerprint density at radius 1 is 1.10 bits per heavy atom. The highest BCUT2D eigenvalue weighted by Crippen LogP contribution is 2.09. The molecule has 0 fully saturated rings. The van der Waals surface area contributed by atoms with Crippen LogP contribution in [0.1, 0.15) is 45.4 Å². The Labute approximate surface area is 126 Å². The van der Waals surface area contributed by atoms with Gasteiger partial charge in [-0.3, -0.25) is 0 Å². The van der Waals surface area contributed by atoms with Gasteiger partial charge in [0.1, 0.15) is 0 Å². The van der Waals surface area contributed by atoms with Crippen molar-refractivity contribution in [3.8, 4) is 0 Å². The number of methoxy groups -OCH3 is 2. The Bertz CT molecular complexity index is 371. The number of esters is 2. The maximum absolute atomic E-state index is 11.5. The number of unbranched alkanes of at least 4 members (excludes halogenated alkanes) is 4. The van der Waals surface area contributed by atoms with Crippen molar-refractivity contribution in [2.75, 3.05) is 14.2 Å². The lowest BCUT2D eigenvalue weighted by molar-refractivity contribution is -0.138.